The van der Waals surface area contributed by atoms with Crippen LogP contribution in [0.25, 0.3) is 0 Å². The van der Waals surface area contributed by atoms with Gasteiger partial charge in [0.2, 0.25) is 11.3 Å². The SMILES string of the molecule is N/C=C\C(=O)C(=O)N1CCc2[nH]c(=O)ccc2C1. The molecule has 0 radical (unpaired) electrons. The largest absolute Gasteiger partial charge is 0.404 e. The van der Waals surface area contributed by atoms with Gasteiger partial charge in [0.25, 0.3) is 5.91 Å². The van der Waals surface area contributed by atoms with Crippen LogP contribution in [0.2, 0.25) is 0 Å². The quantitative estimate of drug-likeness (QED) is 0.533. The van der Waals surface area contributed by atoms with E-state index in [1.807, 2.05) is 0 Å². The predicted octanol–water partition coefficient (Wildman–Crippen LogP) is -0.699. The fourth-order valence-electron chi connectivity index (χ4n) is 1.94. The Kier molecular flexibility index (Phi) is 3.27. The van der Waals surface area contributed by atoms with Gasteiger partial charge in [0, 0.05) is 37.3 Å². The van der Waals surface area contributed by atoms with E-state index in [2.05, 4.69) is 4.98 Å². The number of H-pyrrole nitrogens is 1. The van der Waals surface area contributed by atoms with Crippen molar-refractivity contribution in [1.82, 2.24) is 9.88 Å². The number of hydrogen-bond acceptors (Lipinski definition) is 4. The summed E-state index contributed by atoms with van der Waals surface area (Å²) in [6.45, 7) is 0.741. The van der Waals surface area contributed by atoms with Crippen LogP contribution in [0.15, 0.2) is 29.2 Å². The van der Waals surface area contributed by atoms with Gasteiger partial charge >= 0.3 is 0 Å². The molecule has 1 aliphatic rings. The van der Waals surface area contributed by atoms with E-state index in [0.717, 1.165) is 23.5 Å². The zero-order chi connectivity index (χ0) is 13.1. The lowest BCUT2D eigenvalue weighted by molar-refractivity contribution is -0.142. The Balaban J connectivity index is 2.17. The van der Waals surface area contributed by atoms with Crippen molar-refractivity contribution in [3.63, 3.8) is 0 Å². The average molecular weight is 247 g/mol. The third kappa shape index (κ3) is 2.32. The maximum Gasteiger partial charge on any atom is 0.294 e. The Hall–Kier alpha value is -2.37. The van der Waals surface area contributed by atoms with Crippen LogP contribution >= 0.6 is 0 Å². The smallest absolute Gasteiger partial charge is 0.294 e. The third-order valence-electron chi connectivity index (χ3n) is 2.84. The van der Waals surface area contributed by atoms with Crippen molar-refractivity contribution < 1.29 is 9.59 Å². The molecule has 1 aromatic rings. The Morgan fingerprint density at radius 1 is 1.39 bits per heavy atom. The highest BCUT2D eigenvalue weighted by molar-refractivity contribution is 6.40. The molecule has 94 valence electrons. The second-order valence-corrected chi connectivity index (χ2v) is 4.03. The maximum absolute atomic E-state index is 11.8. The summed E-state index contributed by atoms with van der Waals surface area (Å²) in [7, 11) is 0. The molecule has 1 amide bonds. The van der Waals surface area contributed by atoms with Crippen LogP contribution in [0, 0.1) is 0 Å². The highest BCUT2D eigenvalue weighted by atomic mass is 16.2. The fourth-order valence-corrected chi connectivity index (χ4v) is 1.94. The number of fused-ring (bicyclic) bond motifs is 1. The van der Waals surface area contributed by atoms with Gasteiger partial charge in [-0.1, -0.05) is 6.07 Å². The minimum Gasteiger partial charge on any atom is -0.404 e. The Bertz CT molecular complexity index is 574. The molecule has 0 saturated heterocycles. The summed E-state index contributed by atoms with van der Waals surface area (Å²) in [5.41, 5.74) is 6.61. The van der Waals surface area contributed by atoms with E-state index < -0.39 is 11.7 Å². The van der Waals surface area contributed by atoms with Gasteiger partial charge in [-0.25, -0.2) is 0 Å². The van der Waals surface area contributed by atoms with Crippen molar-refractivity contribution >= 4 is 11.7 Å². The molecule has 6 nitrogen and oxygen atoms in total. The predicted molar refractivity (Wildman–Crippen MR) is 64.5 cm³/mol. The number of hydrogen-bond donors (Lipinski definition) is 2. The third-order valence-corrected chi connectivity index (χ3v) is 2.84. The molecule has 0 aromatic carbocycles. The van der Waals surface area contributed by atoms with Crippen molar-refractivity contribution in [1.29, 1.82) is 0 Å². The molecule has 18 heavy (non-hydrogen) atoms. The first-order valence-electron chi connectivity index (χ1n) is 5.54. The monoisotopic (exact) mass is 247 g/mol. The molecule has 0 bridgehead atoms. The van der Waals surface area contributed by atoms with Gasteiger partial charge in [0.15, 0.2) is 0 Å². The molecule has 0 aliphatic carbocycles. The summed E-state index contributed by atoms with van der Waals surface area (Å²) >= 11 is 0. The van der Waals surface area contributed by atoms with E-state index in [1.165, 1.54) is 11.0 Å². The number of nitrogens with two attached hydrogens (primary N) is 1. The maximum atomic E-state index is 11.8. The molecule has 1 aliphatic heterocycles. The normalized spacial score (nSPS) is 14.6. The molecule has 1 aromatic heterocycles. The van der Waals surface area contributed by atoms with Gasteiger partial charge in [-0.2, -0.15) is 0 Å². The number of carbonyl (C=O) groups excluding carboxylic acids is 2. The van der Waals surface area contributed by atoms with Crippen LogP contribution in [-0.2, 0) is 22.6 Å². The van der Waals surface area contributed by atoms with E-state index in [4.69, 9.17) is 5.73 Å². The highest BCUT2D eigenvalue weighted by Gasteiger charge is 2.24. The number of amides is 1. The lowest BCUT2D eigenvalue weighted by atomic mass is 10.1. The summed E-state index contributed by atoms with van der Waals surface area (Å²) in [6.07, 6.45) is 2.64. The summed E-state index contributed by atoms with van der Waals surface area (Å²) in [6, 6.07) is 3.09. The Morgan fingerprint density at radius 2 is 2.17 bits per heavy atom. The van der Waals surface area contributed by atoms with Crippen molar-refractivity contribution in [2.75, 3.05) is 6.54 Å². The summed E-state index contributed by atoms with van der Waals surface area (Å²) in [5, 5.41) is 0. The summed E-state index contributed by atoms with van der Waals surface area (Å²) in [4.78, 5) is 38.5. The average Bonchev–Trinajstić information content (AvgIpc) is 2.37. The number of pyridine rings is 1. The van der Waals surface area contributed by atoms with Crippen LogP contribution in [0.1, 0.15) is 11.3 Å². The molecule has 2 heterocycles. The number of ketones is 1. The standard InChI is InChI=1S/C12H13N3O3/c13-5-3-10(16)12(18)15-6-4-9-8(7-15)1-2-11(17)14-9/h1-3,5H,4,6-7,13H2,(H,14,17)/b5-3-. The van der Waals surface area contributed by atoms with Gasteiger partial charge in [0.1, 0.15) is 0 Å². The number of carbonyl (C=O) groups is 2. The van der Waals surface area contributed by atoms with E-state index in [1.54, 1.807) is 6.07 Å². The van der Waals surface area contributed by atoms with Gasteiger partial charge in [0.05, 0.1) is 0 Å². The number of aromatic amines is 1. The van der Waals surface area contributed by atoms with Crippen molar-refractivity contribution in [3.05, 3.63) is 46.0 Å². The molecule has 3 N–H and O–H groups in total. The molecular formula is C12H13N3O3. The van der Waals surface area contributed by atoms with Gasteiger partial charge in [-0.15, -0.1) is 0 Å². The fraction of sp³-hybridized carbons (Fsp3) is 0.250. The van der Waals surface area contributed by atoms with E-state index >= 15 is 0 Å². The number of rotatable bonds is 2. The molecule has 6 heteroatoms. The number of nitrogens with one attached hydrogen (secondary N) is 1. The number of nitrogens with zero attached hydrogens (tertiary/aromatic N) is 1. The van der Waals surface area contributed by atoms with Crippen LogP contribution in [0.5, 0.6) is 0 Å². The summed E-state index contributed by atoms with van der Waals surface area (Å²) < 4.78 is 0. The molecular weight excluding hydrogens is 234 g/mol. The second kappa shape index (κ2) is 4.87. The van der Waals surface area contributed by atoms with Crippen LogP contribution in [0.3, 0.4) is 0 Å². The Labute approximate surface area is 103 Å². The van der Waals surface area contributed by atoms with E-state index in [-0.39, 0.29) is 5.56 Å². The lowest BCUT2D eigenvalue weighted by Crippen LogP contribution is -2.40. The zero-order valence-electron chi connectivity index (χ0n) is 9.68. The summed E-state index contributed by atoms with van der Waals surface area (Å²) in [5.74, 6) is -1.21. The van der Waals surface area contributed by atoms with Gasteiger partial charge in [-0.05, 0) is 11.8 Å². The first-order valence-corrected chi connectivity index (χ1v) is 5.54. The molecule has 0 saturated carbocycles. The van der Waals surface area contributed by atoms with Crippen LogP contribution in [-0.4, -0.2) is 28.1 Å². The van der Waals surface area contributed by atoms with Crippen molar-refractivity contribution in [3.8, 4) is 0 Å². The van der Waals surface area contributed by atoms with E-state index in [9.17, 15) is 14.4 Å². The second-order valence-electron chi connectivity index (χ2n) is 4.03. The van der Waals surface area contributed by atoms with Crippen LogP contribution in [0.4, 0.5) is 0 Å². The Morgan fingerprint density at radius 3 is 2.89 bits per heavy atom. The number of aromatic nitrogens is 1. The van der Waals surface area contributed by atoms with Crippen molar-refractivity contribution in [2.45, 2.75) is 13.0 Å². The highest BCUT2D eigenvalue weighted by Crippen LogP contribution is 2.15. The molecule has 0 spiro atoms. The molecule has 0 unspecified atom stereocenters. The lowest BCUT2D eigenvalue weighted by Gasteiger charge is -2.27. The van der Waals surface area contributed by atoms with E-state index in [0.29, 0.717) is 19.5 Å². The van der Waals surface area contributed by atoms with Gasteiger partial charge < -0.3 is 15.6 Å². The minimum atomic E-state index is -0.634. The topological polar surface area (TPSA) is 96.3 Å². The molecule has 0 fully saturated rings. The van der Waals surface area contributed by atoms with Crippen molar-refractivity contribution in [2.24, 2.45) is 5.73 Å². The first-order chi connectivity index (χ1) is 8.61. The zero-order valence-corrected chi connectivity index (χ0v) is 9.68. The van der Waals surface area contributed by atoms with Gasteiger partial charge in [-0.3, -0.25) is 14.4 Å². The molecule has 2 rings (SSSR count). The minimum absolute atomic E-state index is 0.157. The first kappa shape index (κ1) is 12.1. The van der Waals surface area contributed by atoms with Crippen LogP contribution < -0.4 is 11.3 Å². The molecule has 0 atom stereocenters.